The molecule has 0 saturated carbocycles. The predicted molar refractivity (Wildman–Crippen MR) is 137 cm³/mol. The first-order valence-corrected chi connectivity index (χ1v) is 13.3. The van der Waals surface area contributed by atoms with E-state index in [2.05, 4.69) is 20.3 Å². The van der Waals surface area contributed by atoms with Crippen LogP contribution < -0.4 is 4.74 Å². The van der Waals surface area contributed by atoms with E-state index < -0.39 is 0 Å². The molecule has 4 aromatic rings. The minimum absolute atomic E-state index is 0.0117. The van der Waals surface area contributed by atoms with Crippen molar-refractivity contribution in [1.29, 1.82) is 0 Å². The molecule has 1 aromatic carbocycles. The van der Waals surface area contributed by atoms with Crippen molar-refractivity contribution >= 4 is 28.8 Å². The lowest BCUT2D eigenvalue weighted by Gasteiger charge is -2.38. The zero-order valence-electron chi connectivity index (χ0n) is 20.7. The van der Waals surface area contributed by atoms with Crippen LogP contribution in [0.25, 0.3) is 5.65 Å². The number of amides is 2. The molecule has 2 aliphatic heterocycles. The van der Waals surface area contributed by atoms with Crippen molar-refractivity contribution in [2.45, 2.75) is 38.7 Å². The monoisotopic (exact) mass is 517 g/mol. The van der Waals surface area contributed by atoms with Gasteiger partial charge in [0.25, 0.3) is 11.8 Å². The van der Waals surface area contributed by atoms with Gasteiger partial charge >= 0.3 is 0 Å². The van der Waals surface area contributed by atoms with E-state index >= 15 is 0 Å². The molecule has 5 heterocycles. The number of thiazole rings is 1. The number of aryl methyl sites for hydroxylation is 2. The van der Waals surface area contributed by atoms with Crippen molar-refractivity contribution in [1.82, 2.24) is 34.6 Å². The van der Waals surface area contributed by atoms with E-state index in [-0.39, 0.29) is 23.8 Å². The third-order valence-corrected chi connectivity index (χ3v) is 7.99. The van der Waals surface area contributed by atoms with Crippen LogP contribution in [-0.2, 0) is 0 Å². The molecule has 0 N–H and O–H groups in total. The Morgan fingerprint density at radius 3 is 2.51 bits per heavy atom. The van der Waals surface area contributed by atoms with Gasteiger partial charge in [-0.1, -0.05) is 18.2 Å². The molecule has 190 valence electrons. The summed E-state index contributed by atoms with van der Waals surface area (Å²) in [6.45, 7) is 6.07. The first kappa shape index (κ1) is 23.5. The van der Waals surface area contributed by atoms with E-state index in [0.29, 0.717) is 48.9 Å². The average Bonchev–Trinajstić information content (AvgIpc) is 3.53. The van der Waals surface area contributed by atoms with Gasteiger partial charge in [0.15, 0.2) is 11.3 Å². The second-order valence-corrected chi connectivity index (χ2v) is 10.5. The van der Waals surface area contributed by atoms with E-state index in [4.69, 9.17) is 4.74 Å². The van der Waals surface area contributed by atoms with Gasteiger partial charge in [0.1, 0.15) is 17.5 Å². The Balaban J connectivity index is 1.04. The van der Waals surface area contributed by atoms with E-state index in [1.807, 2.05) is 60.5 Å². The van der Waals surface area contributed by atoms with Crippen LogP contribution in [0.3, 0.4) is 0 Å². The number of hydrogen-bond acceptors (Lipinski definition) is 8. The van der Waals surface area contributed by atoms with Crippen molar-refractivity contribution < 1.29 is 14.3 Å². The van der Waals surface area contributed by atoms with Crippen LogP contribution in [0, 0.1) is 13.8 Å². The third-order valence-electron chi connectivity index (χ3n) is 6.98. The number of piperidine rings is 1. The smallest absolute Gasteiger partial charge is 0.276 e. The summed E-state index contributed by atoms with van der Waals surface area (Å²) in [6, 6.07) is 11.5. The molecule has 0 aliphatic carbocycles. The summed E-state index contributed by atoms with van der Waals surface area (Å²) >= 11 is 1.52. The van der Waals surface area contributed by atoms with Crippen LogP contribution in [0.5, 0.6) is 5.75 Å². The van der Waals surface area contributed by atoms with Crippen LogP contribution in [0.4, 0.5) is 0 Å². The zero-order valence-corrected chi connectivity index (χ0v) is 21.5. The summed E-state index contributed by atoms with van der Waals surface area (Å²) in [7, 11) is 0. The zero-order chi connectivity index (χ0) is 25.5. The van der Waals surface area contributed by atoms with E-state index in [1.165, 1.54) is 11.3 Å². The summed E-state index contributed by atoms with van der Waals surface area (Å²) in [5.41, 5.74) is 2.98. The maximum absolute atomic E-state index is 13.2. The number of carbonyl (C=O) groups excluding carboxylic acids is 2. The first-order chi connectivity index (χ1) is 18.0. The Bertz CT molecular complexity index is 1450. The van der Waals surface area contributed by atoms with Gasteiger partial charge < -0.3 is 14.5 Å². The molecule has 0 atom stereocenters. The maximum Gasteiger partial charge on any atom is 0.276 e. The van der Waals surface area contributed by atoms with Crippen LogP contribution in [-0.4, -0.2) is 78.7 Å². The molecule has 6 rings (SSSR count). The number of hydrogen-bond donors (Lipinski definition) is 0. The largest absolute Gasteiger partial charge is 0.487 e. The lowest BCUT2D eigenvalue weighted by Crippen LogP contribution is -2.56. The fourth-order valence-electron chi connectivity index (χ4n) is 4.86. The van der Waals surface area contributed by atoms with E-state index in [0.717, 1.165) is 29.3 Å². The Morgan fingerprint density at radius 1 is 1.00 bits per heavy atom. The summed E-state index contributed by atoms with van der Waals surface area (Å²) in [4.78, 5) is 34.3. The van der Waals surface area contributed by atoms with Crippen molar-refractivity contribution in [3.63, 3.8) is 0 Å². The number of benzene rings is 1. The van der Waals surface area contributed by atoms with Crippen LogP contribution in [0.2, 0.25) is 0 Å². The number of ether oxygens (including phenoxy) is 1. The number of likely N-dealkylation sites (tertiary alicyclic amines) is 2. The van der Waals surface area contributed by atoms with Crippen LogP contribution in [0.1, 0.15) is 56.1 Å². The number of fused-ring (bicyclic) bond motifs is 1. The van der Waals surface area contributed by atoms with Crippen LogP contribution >= 0.6 is 11.3 Å². The van der Waals surface area contributed by atoms with Gasteiger partial charge in [-0.05, 0) is 38.8 Å². The highest BCUT2D eigenvalue weighted by Gasteiger charge is 2.35. The number of nitrogens with zero attached hydrogens (tertiary/aromatic N) is 7. The van der Waals surface area contributed by atoms with E-state index in [1.54, 1.807) is 9.42 Å². The Kier molecular flexibility index (Phi) is 6.07. The van der Waals surface area contributed by atoms with Crippen molar-refractivity contribution in [3.05, 3.63) is 69.6 Å². The fraction of sp³-hybridized carbons (Fsp3) is 0.385. The van der Waals surface area contributed by atoms with Gasteiger partial charge in [-0.2, -0.15) is 5.10 Å². The fourth-order valence-corrected chi connectivity index (χ4v) is 5.83. The van der Waals surface area contributed by atoms with Crippen molar-refractivity contribution in [3.8, 4) is 5.75 Å². The Hall–Kier alpha value is -3.86. The van der Waals surface area contributed by atoms with Crippen molar-refractivity contribution in [2.75, 3.05) is 26.2 Å². The molecule has 2 saturated heterocycles. The second kappa shape index (κ2) is 9.55. The minimum atomic E-state index is -0.126. The molecular weight excluding hydrogens is 490 g/mol. The molecule has 0 spiro atoms. The summed E-state index contributed by atoms with van der Waals surface area (Å²) in [6.07, 6.45) is 1.59. The standard InChI is InChI=1S/C26H27N7O3S/c1-16-12-22-28-29-23(17(2)33(22)30-16)26(35)31-10-8-18(9-11-31)24-27-21(15-37-24)25(34)32-13-20(14-32)36-19-6-4-3-5-7-19/h3-7,12,15,18,20H,8-11,13-14H2,1-2H3. The predicted octanol–water partition coefficient (Wildman–Crippen LogP) is 3.12. The quantitative estimate of drug-likeness (QED) is 0.400. The summed E-state index contributed by atoms with van der Waals surface area (Å²) in [5, 5.41) is 15.6. The van der Waals surface area contributed by atoms with E-state index in [9.17, 15) is 9.59 Å². The van der Waals surface area contributed by atoms with Crippen molar-refractivity contribution in [2.24, 2.45) is 0 Å². The normalized spacial score (nSPS) is 16.7. The molecule has 2 amide bonds. The number of aromatic nitrogens is 5. The number of rotatable bonds is 5. The Labute approximate surface area is 217 Å². The highest BCUT2D eigenvalue weighted by Crippen LogP contribution is 2.31. The molecule has 0 unspecified atom stereocenters. The molecule has 10 nitrogen and oxygen atoms in total. The van der Waals surface area contributed by atoms with Gasteiger partial charge in [0.05, 0.1) is 29.5 Å². The second-order valence-electron chi connectivity index (χ2n) is 9.59. The number of para-hydroxylation sites is 1. The average molecular weight is 518 g/mol. The summed E-state index contributed by atoms with van der Waals surface area (Å²) < 4.78 is 7.57. The molecule has 2 fully saturated rings. The molecule has 0 bridgehead atoms. The summed E-state index contributed by atoms with van der Waals surface area (Å²) in [5.74, 6) is 0.865. The molecule has 3 aromatic heterocycles. The van der Waals surface area contributed by atoms with Gasteiger partial charge in [-0.25, -0.2) is 9.50 Å². The number of carbonyl (C=O) groups is 2. The Morgan fingerprint density at radius 2 is 1.76 bits per heavy atom. The SMILES string of the molecule is Cc1cc2nnc(C(=O)N3CCC(c4nc(C(=O)N5CC(Oc6ccccc6)C5)cs4)CC3)c(C)n2n1. The first-order valence-electron chi connectivity index (χ1n) is 12.4. The lowest BCUT2D eigenvalue weighted by atomic mass is 9.97. The van der Waals surface area contributed by atoms with Gasteiger partial charge in [-0.15, -0.1) is 21.5 Å². The van der Waals surface area contributed by atoms with Gasteiger partial charge in [0.2, 0.25) is 0 Å². The molecule has 0 radical (unpaired) electrons. The highest BCUT2D eigenvalue weighted by atomic mass is 32.1. The van der Waals surface area contributed by atoms with Gasteiger partial charge in [0, 0.05) is 30.5 Å². The molecule has 37 heavy (non-hydrogen) atoms. The van der Waals surface area contributed by atoms with Crippen LogP contribution in [0.15, 0.2) is 41.8 Å². The topological polar surface area (TPSA) is 106 Å². The molecular formula is C26H27N7O3S. The van der Waals surface area contributed by atoms with Gasteiger partial charge in [-0.3, -0.25) is 9.59 Å². The lowest BCUT2D eigenvalue weighted by molar-refractivity contribution is 0.0174. The highest BCUT2D eigenvalue weighted by molar-refractivity contribution is 7.09. The third kappa shape index (κ3) is 4.55. The minimum Gasteiger partial charge on any atom is -0.487 e. The maximum atomic E-state index is 13.2. The molecule has 11 heteroatoms. The molecule has 2 aliphatic rings.